The molecule has 0 radical (unpaired) electrons. The molecule has 33 heavy (non-hydrogen) atoms. The summed E-state index contributed by atoms with van der Waals surface area (Å²) in [6.45, 7) is 1.80. The quantitative estimate of drug-likeness (QED) is 0.361. The van der Waals surface area contributed by atoms with Crippen molar-refractivity contribution < 1.29 is 13.9 Å². The highest BCUT2D eigenvalue weighted by Gasteiger charge is 2.11. The molecule has 174 valence electrons. The third-order valence-electron chi connectivity index (χ3n) is 4.63. The molecule has 1 aromatic heterocycles. The molecule has 2 aromatic carbocycles. The second-order valence-electron chi connectivity index (χ2n) is 7.59. The van der Waals surface area contributed by atoms with Crippen molar-refractivity contribution in [2.75, 3.05) is 37.8 Å². The van der Waals surface area contributed by atoms with E-state index in [1.54, 1.807) is 36.5 Å². The molecule has 0 unspecified atom stereocenters. The highest BCUT2D eigenvalue weighted by Crippen LogP contribution is 2.23. The van der Waals surface area contributed by atoms with Gasteiger partial charge in [-0.15, -0.1) is 0 Å². The number of carbonyl (C=O) groups is 1. The number of hydrogen-bond acceptors (Lipinski definition) is 7. The lowest BCUT2D eigenvalue weighted by molar-refractivity contribution is 0.1000. The van der Waals surface area contributed by atoms with Gasteiger partial charge in [0.05, 0.1) is 10.6 Å². The van der Waals surface area contributed by atoms with Crippen molar-refractivity contribution in [3.8, 4) is 5.75 Å². The van der Waals surface area contributed by atoms with E-state index in [1.807, 2.05) is 14.1 Å². The largest absolute Gasteiger partial charge is 0.489 e. The number of nitrogens with zero attached hydrogens (tertiary/aromatic N) is 3. The van der Waals surface area contributed by atoms with Gasteiger partial charge in [-0.25, -0.2) is 9.37 Å². The van der Waals surface area contributed by atoms with Gasteiger partial charge in [-0.1, -0.05) is 17.7 Å². The van der Waals surface area contributed by atoms with Crippen molar-refractivity contribution in [3.05, 3.63) is 70.6 Å². The Morgan fingerprint density at radius 1 is 1.24 bits per heavy atom. The van der Waals surface area contributed by atoms with Crippen LogP contribution in [0.3, 0.4) is 0 Å². The fourth-order valence-electron chi connectivity index (χ4n) is 2.93. The summed E-state index contributed by atoms with van der Waals surface area (Å²) < 4.78 is 19.3. The molecule has 1 amide bonds. The molecule has 0 atom stereocenters. The number of benzene rings is 2. The van der Waals surface area contributed by atoms with Crippen LogP contribution >= 0.6 is 11.6 Å². The van der Waals surface area contributed by atoms with Gasteiger partial charge in [0.1, 0.15) is 24.0 Å². The number of rotatable bonds is 11. The average Bonchev–Trinajstić information content (AvgIpc) is 2.78. The summed E-state index contributed by atoms with van der Waals surface area (Å²) in [5.41, 5.74) is 6.99. The Labute approximate surface area is 196 Å². The van der Waals surface area contributed by atoms with E-state index in [0.717, 1.165) is 18.5 Å². The SMILES string of the molecule is CN(C)CCCNc1nc(Nc2ccc(F)c(Cl)c2)ncc1COc1cccc(C(N)=O)c1. The molecule has 0 saturated heterocycles. The first-order chi connectivity index (χ1) is 15.8. The Balaban J connectivity index is 1.76. The highest BCUT2D eigenvalue weighted by molar-refractivity contribution is 6.31. The van der Waals surface area contributed by atoms with Gasteiger partial charge in [0, 0.05) is 24.0 Å². The van der Waals surface area contributed by atoms with Crippen LogP contribution in [0.5, 0.6) is 5.75 Å². The van der Waals surface area contributed by atoms with E-state index < -0.39 is 11.7 Å². The molecule has 0 aliphatic rings. The molecule has 4 N–H and O–H groups in total. The average molecular weight is 473 g/mol. The second kappa shape index (κ2) is 11.4. The van der Waals surface area contributed by atoms with Crippen molar-refractivity contribution in [2.24, 2.45) is 5.73 Å². The van der Waals surface area contributed by atoms with Gasteiger partial charge in [0.25, 0.3) is 0 Å². The predicted octanol–water partition coefficient (Wildman–Crippen LogP) is 4.05. The lowest BCUT2D eigenvalue weighted by Gasteiger charge is -2.15. The van der Waals surface area contributed by atoms with Crippen LogP contribution in [0.1, 0.15) is 22.3 Å². The minimum absolute atomic E-state index is 0.00486. The standard InChI is InChI=1S/C23H26ClFN6O2/c1-31(2)10-4-9-27-22-16(14-33-18-6-3-5-15(11-18)21(26)32)13-28-23(30-22)29-17-7-8-20(25)19(24)12-17/h3,5-8,11-13H,4,9-10,14H2,1-2H3,(H2,26,32)(H2,27,28,29,30). The minimum Gasteiger partial charge on any atom is -0.489 e. The van der Waals surface area contributed by atoms with E-state index in [-0.39, 0.29) is 11.6 Å². The summed E-state index contributed by atoms with van der Waals surface area (Å²) >= 11 is 5.86. The highest BCUT2D eigenvalue weighted by atomic mass is 35.5. The fourth-order valence-corrected chi connectivity index (χ4v) is 3.11. The van der Waals surface area contributed by atoms with Gasteiger partial charge in [0.15, 0.2) is 0 Å². The van der Waals surface area contributed by atoms with E-state index >= 15 is 0 Å². The smallest absolute Gasteiger partial charge is 0.248 e. The number of primary amides is 1. The van der Waals surface area contributed by atoms with Gasteiger partial charge in [0.2, 0.25) is 11.9 Å². The van der Waals surface area contributed by atoms with Crippen LogP contribution in [0.2, 0.25) is 5.02 Å². The Morgan fingerprint density at radius 2 is 2.06 bits per heavy atom. The fraction of sp³-hybridized carbons (Fsp3) is 0.261. The van der Waals surface area contributed by atoms with Gasteiger partial charge in [-0.2, -0.15) is 4.98 Å². The number of amides is 1. The van der Waals surface area contributed by atoms with E-state index in [0.29, 0.717) is 35.3 Å². The van der Waals surface area contributed by atoms with Crippen LogP contribution < -0.4 is 21.1 Å². The van der Waals surface area contributed by atoms with Crippen molar-refractivity contribution in [2.45, 2.75) is 13.0 Å². The van der Waals surface area contributed by atoms with Crippen molar-refractivity contribution in [1.29, 1.82) is 0 Å². The zero-order valence-corrected chi connectivity index (χ0v) is 19.2. The molecule has 0 bridgehead atoms. The first-order valence-electron chi connectivity index (χ1n) is 10.3. The summed E-state index contributed by atoms with van der Waals surface area (Å²) in [5.74, 6) is 0.411. The maximum Gasteiger partial charge on any atom is 0.248 e. The van der Waals surface area contributed by atoms with Crippen molar-refractivity contribution in [1.82, 2.24) is 14.9 Å². The van der Waals surface area contributed by atoms with E-state index in [4.69, 9.17) is 22.1 Å². The zero-order valence-electron chi connectivity index (χ0n) is 18.4. The van der Waals surface area contributed by atoms with Crippen LogP contribution in [0, 0.1) is 5.82 Å². The van der Waals surface area contributed by atoms with Crippen molar-refractivity contribution in [3.63, 3.8) is 0 Å². The lowest BCUT2D eigenvalue weighted by Crippen LogP contribution is -2.17. The van der Waals surface area contributed by atoms with E-state index in [1.165, 1.54) is 12.1 Å². The molecule has 0 aliphatic heterocycles. The summed E-state index contributed by atoms with van der Waals surface area (Å²) in [6, 6.07) is 10.9. The topological polar surface area (TPSA) is 105 Å². The molecule has 10 heteroatoms. The van der Waals surface area contributed by atoms with Crippen LogP contribution in [-0.4, -0.2) is 48.0 Å². The monoisotopic (exact) mass is 472 g/mol. The molecular weight excluding hydrogens is 447 g/mol. The number of aromatic nitrogens is 2. The van der Waals surface area contributed by atoms with E-state index in [2.05, 4.69) is 25.5 Å². The van der Waals surface area contributed by atoms with Gasteiger partial charge >= 0.3 is 0 Å². The maximum absolute atomic E-state index is 13.4. The van der Waals surface area contributed by atoms with Gasteiger partial charge in [-0.05, 0) is 63.5 Å². The third-order valence-corrected chi connectivity index (χ3v) is 4.92. The molecule has 8 nitrogen and oxygen atoms in total. The molecule has 1 heterocycles. The van der Waals surface area contributed by atoms with Gasteiger partial charge in [-0.3, -0.25) is 4.79 Å². The third kappa shape index (κ3) is 7.30. The number of halogens is 2. The Kier molecular flexibility index (Phi) is 8.39. The van der Waals surface area contributed by atoms with Crippen LogP contribution in [0.25, 0.3) is 0 Å². The lowest BCUT2D eigenvalue weighted by atomic mass is 10.2. The summed E-state index contributed by atoms with van der Waals surface area (Å²) in [4.78, 5) is 22.4. The maximum atomic E-state index is 13.4. The Hall–Kier alpha value is -3.43. The summed E-state index contributed by atoms with van der Waals surface area (Å²) in [5, 5.41) is 6.36. The summed E-state index contributed by atoms with van der Waals surface area (Å²) in [7, 11) is 4.03. The van der Waals surface area contributed by atoms with Crippen LogP contribution in [0.4, 0.5) is 21.8 Å². The molecule has 0 spiro atoms. The van der Waals surface area contributed by atoms with Gasteiger partial charge < -0.3 is 26.0 Å². The number of anilines is 3. The first kappa shape index (κ1) is 24.2. The predicted molar refractivity (Wildman–Crippen MR) is 128 cm³/mol. The number of nitrogens with two attached hydrogens (primary N) is 1. The normalized spacial score (nSPS) is 10.8. The molecule has 3 rings (SSSR count). The minimum atomic E-state index is -0.525. The van der Waals surface area contributed by atoms with E-state index in [9.17, 15) is 9.18 Å². The summed E-state index contributed by atoms with van der Waals surface area (Å²) in [6.07, 6.45) is 2.56. The molecule has 0 aliphatic carbocycles. The molecule has 0 fully saturated rings. The Bertz CT molecular complexity index is 1110. The first-order valence-corrected chi connectivity index (χ1v) is 10.7. The number of hydrogen-bond donors (Lipinski definition) is 3. The van der Waals surface area contributed by atoms with Crippen molar-refractivity contribution >= 4 is 35.0 Å². The van der Waals surface area contributed by atoms with Crippen LogP contribution in [0.15, 0.2) is 48.7 Å². The Morgan fingerprint density at radius 3 is 2.79 bits per heavy atom. The molecular formula is C23H26ClFN6O2. The van der Waals surface area contributed by atoms with Crippen LogP contribution in [-0.2, 0) is 6.61 Å². The number of carbonyl (C=O) groups excluding carboxylic acids is 1. The number of ether oxygens (including phenoxy) is 1. The zero-order chi connectivity index (χ0) is 23.8. The molecule has 3 aromatic rings. The second-order valence-corrected chi connectivity index (χ2v) is 7.99. The number of nitrogens with one attached hydrogen (secondary N) is 2. The molecule has 0 saturated carbocycles.